The van der Waals surface area contributed by atoms with E-state index in [1.54, 1.807) is 38.1 Å². The van der Waals surface area contributed by atoms with Gasteiger partial charge in [-0.1, -0.05) is 24.6 Å². The van der Waals surface area contributed by atoms with Crippen LogP contribution >= 0.6 is 11.6 Å². The van der Waals surface area contributed by atoms with E-state index in [0.29, 0.717) is 17.3 Å². The van der Waals surface area contributed by atoms with Crippen molar-refractivity contribution in [2.75, 3.05) is 18.4 Å². The van der Waals surface area contributed by atoms with Crippen molar-refractivity contribution in [3.8, 4) is 0 Å². The van der Waals surface area contributed by atoms with Crippen molar-refractivity contribution in [3.63, 3.8) is 0 Å². The molecule has 0 saturated heterocycles. The van der Waals surface area contributed by atoms with E-state index in [2.05, 4.69) is 5.32 Å². The van der Waals surface area contributed by atoms with Crippen molar-refractivity contribution in [2.24, 2.45) is 5.92 Å². The Morgan fingerprint density at radius 3 is 2.68 bits per heavy atom. The third kappa shape index (κ3) is 4.79. The molecule has 104 valence electrons. The number of carbonyl (C=O) groups excluding carboxylic acids is 1. The van der Waals surface area contributed by atoms with Gasteiger partial charge in [0, 0.05) is 23.8 Å². The molecule has 0 aliphatic heterocycles. The number of benzene rings is 1. The van der Waals surface area contributed by atoms with E-state index in [4.69, 9.17) is 16.7 Å². The molecule has 1 aromatic carbocycles. The zero-order valence-electron chi connectivity index (χ0n) is 10.9. The van der Waals surface area contributed by atoms with Gasteiger partial charge >= 0.3 is 12.0 Å². The molecule has 0 spiro atoms. The van der Waals surface area contributed by atoms with Gasteiger partial charge in [-0.3, -0.25) is 4.79 Å². The van der Waals surface area contributed by atoms with E-state index >= 15 is 0 Å². The highest BCUT2D eigenvalue weighted by Gasteiger charge is 2.19. The van der Waals surface area contributed by atoms with Gasteiger partial charge in [0.25, 0.3) is 0 Å². The van der Waals surface area contributed by atoms with Gasteiger partial charge in [0.05, 0.1) is 5.92 Å². The van der Waals surface area contributed by atoms with E-state index in [9.17, 15) is 9.59 Å². The highest BCUT2D eigenvalue weighted by molar-refractivity contribution is 6.30. The van der Waals surface area contributed by atoms with Crippen molar-refractivity contribution in [3.05, 3.63) is 29.3 Å². The van der Waals surface area contributed by atoms with Crippen LogP contribution in [0.25, 0.3) is 0 Å². The quantitative estimate of drug-likeness (QED) is 0.873. The molecule has 0 aliphatic rings. The van der Waals surface area contributed by atoms with Gasteiger partial charge < -0.3 is 15.3 Å². The normalized spacial score (nSPS) is 11.7. The Kier molecular flexibility index (Phi) is 5.63. The number of carboxylic acid groups (broad SMARTS) is 1. The average Bonchev–Trinajstić information content (AvgIpc) is 2.35. The van der Waals surface area contributed by atoms with Crippen LogP contribution in [0.2, 0.25) is 5.02 Å². The number of carbonyl (C=O) groups is 2. The summed E-state index contributed by atoms with van der Waals surface area (Å²) in [6.45, 7) is 3.96. The van der Waals surface area contributed by atoms with Gasteiger partial charge in [0.2, 0.25) is 0 Å². The minimum Gasteiger partial charge on any atom is -0.481 e. The molecule has 1 unspecified atom stereocenters. The van der Waals surface area contributed by atoms with Gasteiger partial charge in [-0.05, 0) is 25.1 Å². The molecule has 2 amide bonds. The van der Waals surface area contributed by atoms with E-state index < -0.39 is 11.9 Å². The Hall–Kier alpha value is -1.75. The number of amides is 2. The third-order valence-electron chi connectivity index (χ3n) is 2.66. The minimum absolute atomic E-state index is 0.165. The molecule has 0 bridgehead atoms. The van der Waals surface area contributed by atoms with Crippen LogP contribution in [0.3, 0.4) is 0 Å². The topological polar surface area (TPSA) is 69.6 Å². The summed E-state index contributed by atoms with van der Waals surface area (Å²) in [5, 5.41) is 12.1. The number of hydrogen-bond acceptors (Lipinski definition) is 2. The lowest BCUT2D eigenvalue weighted by Gasteiger charge is -2.23. The molecule has 1 aromatic rings. The fourth-order valence-electron chi connectivity index (χ4n) is 1.53. The van der Waals surface area contributed by atoms with Crippen LogP contribution < -0.4 is 5.32 Å². The minimum atomic E-state index is -0.922. The Balaban J connectivity index is 2.66. The molecule has 0 fully saturated rings. The molecule has 1 rings (SSSR count). The van der Waals surface area contributed by atoms with Gasteiger partial charge in [-0.15, -0.1) is 0 Å². The molecule has 0 radical (unpaired) electrons. The lowest BCUT2D eigenvalue weighted by molar-refractivity contribution is -0.141. The van der Waals surface area contributed by atoms with Gasteiger partial charge in [0.1, 0.15) is 0 Å². The van der Waals surface area contributed by atoms with Crippen molar-refractivity contribution >= 4 is 29.3 Å². The first kappa shape index (κ1) is 15.3. The molecule has 0 aromatic heterocycles. The average molecular weight is 285 g/mol. The van der Waals surface area contributed by atoms with Crippen LogP contribution in [0.4, 0.5) is 10.5 Å². The van der Waals surface area contributed by atoms with Crippen LogP contribution in [0.15, 0.2) is 24.3 Å². The number of nitrogens with zero attached hydrogens (tertiary/aromatic N) is 1. The predicted molar refractivity (Wildman–Crippen MR) is 74.5 cm³/mol. The maximum Gasteiger partial charge on any atom is 0.321 e. The van der Waals surface area contributed by atoms with Crippen LogP contribution in [0.5, 0.6) is 0 Å². The number of halogens is 1. The number of rotatable bonds is 5. The molecule has 0 saturated carbocycles. The zero-order chi connectivity index (χ0) is 14.4. The van der Waals surface area contributed by atoms with Crippen LogP contribution in [-0.2, 0) is 4.79 Å². The van der Waals surface area contributed by atoms with E-state index in [-0.39, 0.29) is 12.6 Å². The summed E-state index contributed by atoms with van der Waals surface area (Å²) < 4.78 is 0. The Bertz CT molecular complexity index is 465. The Morgan fingerprint density at radius 1 is 1.47 bits per heavy atom. The number of anilines is 1. The maximum atomic E-state index is 12.0. The summed E-state index contributed by atoms with van der Waals surface area (Å²) >= 11 is 5.83. The number of urea groups is 1. The molecule has 0 aliphatic carbocycles. The standard InChI is InChI=1S/C13H17ClN2O3/c1-3-16(8-9(2)12(17)18)13(19)15-11-6-4-5-10(14)7-11/h4-7,9H,3,8H2,1-2H3,(H,15,19)(H,17,18). The summed E-state index contributed by atoms with van der Waals surface area (Å²) in [5.74, 6) is -1.53. The first-order chi connectivity index (χ1) is 8.93. The van der Waals surface area contributed by atoms with Crippen molar-refractivity contribution in [1.29, 1.82) is 0 Å². The summed E-state index contributed by atoms with van der Waals surface area (Å²) in [6, 6.07) is 6.46. The second-order valence-corrected chi connectivity index (χ2v) is 4.65. The number of carboxylic acids is 1. The zero-order valence-corrected chi connectivity index (χ0v) is 11.6. The van der Waals surface area contributed by atoms with Gasteiger partial charge in [0.15, 0.2) is 0 Å². The first-order valence-electron chi connectivity index (χ1n) is 5.98. The van der Waals surface area contributed by atoms with Crippen molar-refractivity contribution in [1.82, 2.24) is 4.90 Å². The molecule has 6 heteroatoms. The highest BCUT2D eigenvalue weighted by Crippen LogP contribution is 2.15. The van der Waals surface area contributed by atoms with E-state index in [1.165, 1.54) is 4.90 Å². The summed E-state index contributed by atoms with van der Waals surface area (Å²) in [4.78, 5) is 24.2. The number of aliphatic carboxylic acids is 1. The number of hydrogen-bond donors (Lipinski definition) is 2. The fourth-order valence-corrected chi connectivity index (χ4v) is 1.72. The largest absolute Gasteiger partial charge is 0.481 e. The Labute approximate surface area is 117 Å². The van der Waals surface area contributed by atoms with E-state index in [1.807, 2.05) is 0 Å². The summed E-state index contributed by atoms with van der Waals surface area (Å²) in [5.41, 5.74) is 0.582. The lowest BCUT2D eigenvalue weighted by Crippen LogP contribution is -2.39. The van der Waals surface area contributed by atoms with Crippen molar-refractivity contribution < 1.29 is 14.7 Å². The smallest absolute Gasteiger partial charge is 0.321 e. The third-order valence-corrected chi connectivity index (χ3v) is 2.90. The molecule has 0 heterocycles. The van der Waals surface area contributed by atoms with Crippen molar-refractivity contribution in [2.45, 2.75) is 13.8 Å². The van der Waals surface area contributed by atoms with Gasteiger partial charge in [-0.2, -0.15) is 0 Å². The van der Waals surface area contributed by atoms with Crippen LogP contribution in [0.1, 0.15) is 13.8 Å². The number of nitrogens with one attached hydrogen (secondary N) is 1. The second-order valence-electron chi connectivity index (χ2n) is 4.22. The molecular formula is C13H17ClN2O3. The molecule has 19 heavy (non-hydrogen) atoms. The summed E-state index contributed by atoms with van der Waals surface area (Å²) in [6.07, 6.45) is 0. The SMILES string of the molecule is CCN(CC(C)C(=O)O)C(=O)Nc1cccc(Cl)c1. The van der Waals surface area contributed by atoms with Crippen LogP contribution in [-0.4, -0.2) is 35.1 Å². The molecular weight excluding hydrogens is 268 g/mol. The molecule has 5 nitrogen and oxygen atoms in total. The monoisotopic (exact) mass is 284 g/mol. The predicted octanol–water partition coefficient (Wildman–Crippen LogP) is 2.91. The lowest BCUT2D eigenvalue weighted by atomic mass is 10.2. The first-order valence-corrected chi connectivity index (χ1v) is 6.36. The summed E-state index contributed by atoms with van der Waals surface area (Å²) in [7, 11) is 0. The van der Waals surface area contributed by atoms with Gasteiger partial charge in [-0.25, -0.2) is 4.79 Å². The Morgan fingerprint density at radius 2 is 2.16 bits per heavy atom. The maximum absolute atomic E-state index is 12.0. The highest BCUT2D eigenvalue weighted by atomic mass is 35.5. The fraction of sp³-hybridized carbons (Fsp3) is 0.385. The molecule has 1 atom stereocenters. The van der Waals surface area contributed by atoms with E-state index in [0.717, 1.165) is 0 Å². The second kappa shape index (κ2) is 6.99. The molecule has 2 N–H and O–H groups in total. The van der Waals surface area contributed by atoms with Crippen LogP contribution in [0, 0.1) is 5.92 Å².